The van der Waals surface area contributed by atoms with Crippen molar-refractivity contribution in [3.63, 3.8) is 0 Å². The molecule has 0 aliphatic carbocycles. The van der Waals surface area contributed by atoms with E-state index in [4.69, 9.17) is 4.74 Å². The van der Waals surface area contributed by atoms with Crippen molar-refractivity contribution in [2.24, 2.45) is 11.8 Å². The normalized spacial score (nSPS) is 10.9. The molecule has 0 heterocycles. The van der Waals surface area contributed by atoms with Crippen LogP contribution in [0.3, 0.4) is 0 Å². The lowest BCUT2D eigenvalue weighted by molar-refractivity contribution is -0.120. The molecule has 0 atom stereocenters. The number of ketones is 1. The van der Waals surface area contributed by atoms with Gasteiger partial charge >= 0.3 is 0 Å². The molecule has 4 nitrogen and oxygen atoms in total. The van der Waals surface area contributed by atoms with Crippen molar-refractivity contribution in [2.45, 2.75) is 47.5 Å². The molecule has 0 bridgehead atoms. The van der Waals surface area contributed by atoms with Crippen molar-refractivity contribution >= 4 is 17.4 Å². The molecule has 1 amide bonds. The second kappa shape index (κ2) is 8.57. The number of benzene rings is 1. The smallest absolute Gasteiger partial charge is 0.227 e. The van der Waals surface area contributed by atoms with Crippen LogP contribution in [0.5, 0.6) is 5.75 Å². The first kappa shape index (κ1) is 18.2. The van der Waals surface area contributed by atoms with E-state index in [9.17, 15) is 9.59 Å². The lowest BCUT2D eigenvalue weighted by Crippen LogP contribution is -2.22. The second-order valence-corrected chi connectivity index (χ2v) is 5.97. The zero-order chi connectivity index (χ0) is 16.7. The predicted octanol–water partition coefficient (Wildman–Crippen LogP) is 4.30. The summed E-state index contributed by atoms with van der Waals surface area (Å²) >= 11 is 0. The highest BCUT2D eigenvalue weighted by Gasteiger charge is 2.17. The van der Waals surface area contributed by atoms with Crippen LogP contribution in [0, 0.1) is 11.8 Å². The highest BCUT2D eigenvalue weighted by Crippen LogP contribution is 2.27. The van der Waals surface area contributed by atoms with E-state index in [0.29, 0.717) is 29.5 Å². The molecule has 1 rings (SSSR count). The number of amides is 1. The summed E-state index contributed by atoms with van der Waals surface area (Å²) in [5, 5.41) is 2.92. The molecule has 22 heavy (non-hydrogen) atoms. The Bertz CT molecular complexity index is 519. The van der Waals surface area contributed by atoms with Crippen LogP contribution in [0.4, 0.5) is 5.69 Å². The maximum Gasteiger partial charge on any atom is 0.227 e. The molecule has 0 unspecified atom stereocenters. The first-order valence-electron chi connectivity index (χ1n) is 7.97. The van der Waals surface area contributed by atoms with E-state index >= 15 is 0 Å². The van der Waals surface area contributed by atoms with Gasteiger partial charge in [-0.25, -0.2) is 0 Å². The number of carbonyl (C=O) groups is 2. The van der Waals surface area contributed by atoms with Crippen LogP contribution in [0.1, 0.15) is 57.8 Å². The number of hydrogen-bond acceptors (Lipinski definition) is 3. The molecule has 122 valence electrons. The van der Waals surface area contributed by atoms with Gasteiger partial charge in [-0.3, -0.25) is 9.59 Å². The molecule has 1 aromatic carbocycles. The van der Waals surface area contributed by atoms with E-state index in [0.717, 1.165) is 12.8 Å². The maximum absolute atomic E-state index is 12.3. The second-order valence-electron chi connectivity index (χ2n) is 5.97. The number of carbonyl (C=O) groups excluding carboxylic acids is 2. The third-order valence-corrected chi connectivity index (χ3v) is 3.57. The number of nitrogens with one attached hydrogen (secondary N) is 1. The van der Waals surface area contributed by atoms with Crippen LogP contribution in [-0.2, 0) is 4.79 Å². The van der Waals surface area contributed by atoms with Crippen LogP contribution >= 0.6 is 0 Å². The number of anilines is 1. The van der Waals surface area contributed by atoms with Gasteiger partial charge in [0.25, 0.3) is 0 Å². The van der Waals surface area contributed by atoms with Gasteiger partial charge in [-0.15, -0.1) is 0 Å². The van der Waals surface area contributed by atoms with Crippen molar-refractivity contribution in [3.8, 4) is 5.75 Å². The van der Waals surface area contributed by atoms with E-state index in [-0.39, 0.29) is 17.6 Å². The van der Waals surface area contributed by atoms with Gasteiger partial charge in [0.15, 0.2) is 5.78 Å². The molecule has 0 aromatic heterocycles. The van der Waals surface area contributed by atoms with Gasteiger partial charge in [-0.05, 0) is 43.9 Å². The number of ether oxygens (including phenoxy) is 1. The Balaban J connectivity index is 3.03. The average molecular weight is 305 g/mol. The lowest BCUT2D eigenvalue weighted by atomic mass is 10.0. The minimum Gasteiger partial charge on any atom is -0.491 e. The third-order valence-electron chi connectivity index (χ3n) is 3.57. The summed E-state index contributed by atoms with van der Waals surface area (Å²) in [4.78, 5) is 23.8. The Hall–Kier alpha value is -1.84. The van der Waals surface area contributed by atoms with E-state index in [1.165, 1.54) is 6.92 Å². The maximum atomic E-state index is 12.3. The fraction of sp³-hybridized carbons (Fsp3) is 0.556. The summed E-state index contributed by atoms with van der Waals surface area (Å²) in [6.45, 7) is 10.2. The lowest BCUT2D eigenvalue weighted by Gasteiger charge is -2.17. The van der Waals surface area contributed by atoms with Gasteiger partial charge < -0.3 is 10.1 Å². The monoisotopic (exact) mass is 305 g/mol. The average Bonchev–Trinajstić information content (AvgIpc) is 2.46. The van der Waals surface area contributed by atoms with Crippen LogP contribution in [-0.4, -0.2) is 18.3 Å². The van der Waals surface area contributed by atoms with Gasteiger partial charge in [0.05, 0.1) is 12.3 Å². The molecule has 0 spiro atoms. The fourth-order valence-corrected chi connectivity index (χ4v) is 2.12. The van der Waals surface area contributed by atoms with Gasteiger partial charge in [0.2, 0.25) is 5.91 Å². The predicted molar refractivity (Wildman–Crippen MR) is 89.5 cm³/mol. The molecule has 0 aliphatic heterocycles. The molecule has 1 N–H and O–H groups in total. The topological polar surface area (TPSA) is 55.4 Å². The Morgan fingerprint density at radius 1 is 1.18 bits per heavy atom. The molecular weight excluding hydrogens is 278 g/mol. The zero-order valence-electron chi connectivity index (χ0n) is 14.2. The van der Waals surface area contributed by atoms with Crippen LogP contribution in [0.25, 0.3) is 0 Å². The van der Waals surface area contributed by atoms with Crippen LogP contribution < -0.4 is 10.1 Å². The summed E-state index contributed by atoms with van der Waals surface area (Å²) < 4.78 is 5.76. The molecule has 0 radical (unpaired) electrons. The highest BCUT2D eigenvalue weighted by atomic mass is 16.5. The van der Waals surface area contributed by atoms with Crippen molar-refractivity contribution in [2.75, 3.05) is 11.9 Å². The summed E-state index contributed by atoms with van der Waals surface area (Å²) in [5.74, 6) is 0.903. The van der Waals surface area contributed by atoms with E-state index in [2.05, 4.69) is 19.2 Å². The largest absolute Gasteiger partial charge is 0.491 e. The van der Waals surface area contributed by atoms with Crippen molar-refractivity contribution in [3.05, 3.63) is 23.8 Å². The van der Waals surface area contributed by atoms with Crippen molar-refractivity contribution < 1.29 is 14.3 Å². The van der Waals surface area contributed by atoms with Crippen LogP contribution in [0.2, 0.25) is 0 Å². The third kappa shape index (κ3) is 5.17. The van der Waals surface area contributed by atoms with Gasteiger partial charge in [0, 0.05) is 11.5 Å². The number of rotatable bonds is 8. The summed E-state index contributed by atoms with van der Waals surface area (Å²) in [6, 6.07) is 5.17. The standard InChI is InChI=1S/C18H27NO3/c1-6-14(7-2)18(21)19-16-10-15(13(5)20)8-9-17(16)22-11-12(3)4/h8-10,12,14H,6-7,11H2,1-5H3,(H,19,21). The molecule has 0 saturated heterocycles. The molecule has 0 fully saturated rings. The minimum absolute atomic E-state index is 0.0277. The van der Waals surface area contributed by atoms with Gasteiger partial charge in [-0.1, -0.05) is 27.7 Å². The Morgan fingerprint density at radius 3 is 2.32 bits per heavy atom. The molecule has 0 aliphatic rings. The van der Waals surface area contributed by atoms with Crippen LogP contribution in [0.15, 0.2) is 18.2 Å². The van der Waals surface area contributed by atoms with Gasteiger partial charge in [0.1, 0.15) is 5.75 Å². The molecule has 4 heteroatoms. The molecule has 0 saturated carbocycles. The summed E-state index contributed by atoms with van der Waals surface area (Å²) in [5.41, 5.74) is 1.14. The zero-order valence-corrected chi connectivity index (χ0v) is 14.2. The molecular formula is C18H27NO3. The summed E-state index contributed by atoms with van der Waals surface area (Å²) in [6.07, 6.45) is 1.58. The minimum atomic E-state index is -0.0339. The number of hydrogen-bond donors (Lipinski definition) is 1. The highest BCUT2D eigenvalue weighted by molar-refractivity contribution is 5.98. The van der Waals surface area contributed by atoms with E-state index < -0.39 is 0 Å². The number of Topliss-reactive ketones (excluding diaryl/α,β-unsaturated/α-hetero) is 1. The summed E-state index contributed by atoms with van der Waals surface area (Å²) in [7, 11) is 0. The Morgan fingerprint density at radius 2 is 1.82 bits per heavy atom. The van der Waals surface area contributed by atoms with E-state index in [1.807, 2.05) is 13.8 Å². The first-order valence-corrected chi connectivity index (χ1v) is 7.97. The van der Waals surface area contributed by atoms with Crippen molar-refractivity contribution in [1.82, 2.24) is 0 Å². The Kier molecular flexibility index (Phi) is 7.09. The fourth-order valence-electron chi connectivity index (χ4n) is 2.12. The van der Waals surface area contributed by atoms with E-state index in [1.54, 1.807) is 18.2 Å². The molecule has 1 aromatic rings. The SMILES string of the molecule is CCC(CC)C(=O)Nc1cc(C(C)=O)ccc1OCC(C)C. The Labute approximate surface area is 133 Å². The van der Waals surface area contributed by atoms with Crippen molar-refractivity contribution in [1.29, 1.82) is 0 Å². The van der Waals surface area contributed by atoms with Gasteiger partial charge in [-0.2, -0.15) is 0 Å². The first-order chi connectivity index (χ1) is 10.4. The quantitative estimate of drug-likeness (QED) is 0.729.